The van der Waals surface area contributed by atoms with E-state index < -0.39 is 10.9 Å². The zero-order valence-electron chi connectivity index (χ0n) is 9.76. The molecule has 0 aliphatic carbocycles. The summed E-state index contributed by atoms with van der Waals surface area (Å²) in [7, 11) is 0. The quantitative estimate of drug-likeness (QED) is 0.674. The fourth-order valence-corrected chi connectivity index (χ4v) is 1.69. The number of nitro groups is 1. The van der Waals surface area contributed by atoms with Crippen LogP contribution in [0.1, 0.15) is 16.1 Å². The standard InChI is InChI=1S/C13H10N2O4/c16-13(17)10-3-1-4-12(9-10)14-7-2-5-11(14)6-8-15(18)19/h1-9H,(H,16,17)/b8-6-. The van der Waals surface area contributed by atoms with Crippen molar-refractivity contribution in [2.75, 3.05) is 0 Å². The minimum atomic E-state index is -1.02. The van der Waals surface area contributed by atoms with Crippen LogP contribution in [0.25, 0.3) is 11.8 Å². The van der Waals surface area contributed by atoms with Crippen molar-refractivity contribution in [2.24, 2.45) is 0 Å². The number of carboxylic acid groups (broad SMARTS) is 1. The second kappa shape index (κ2) is 5.18. The predicted molar refractivity (Wildman–Crippen MR) is 68.8 cm³/mol. The van der Waals surface area contributed by atoms with Crippen LogP contribution < -0.4 is 0 Å². The lowest BCUT2D eigenvalue weighted by Crippen LogP contribution is -2.00. The highest BCUT2D eigenvalue weighted by atomic mass is 16.6. The molecule has 0 spiro atoms. The molecule has 1 aromatic carbocycles. The van der Waals surface area contributed by atoms with Crippen LogP contribution in [-0.2, 0) is 0 Å². The van der Waals surface area contributed by atoms with Crippen molar-refractivity contribution in [1.82, 2.24) is 4.57 Å². The van der Waals surface area contributed by atoms with E-state index in [9.17, 15) is 14.9 Å². The number of aromatic carboxylic acids is 1. The molecule has 0 fully saturated rings. The molecule has 1 aromatic heterocycles. The minimum absolute atomic E-state index is 0.162. The molecule has 0 amide bonds. The third kappa shape index (κ3) is 2.86. The number of nitrogens with zero attached hydrogens (tertiary/aromatic N) is 2. The zero-order valence-corrected chi connectivity index (χ0v) is 9.76. The van der Waals surface area contributed by atoms with Crippen molar-refractivity contribution < 1.29 is 14.8 Å². The van der Waals surface area contributed by atoms with Gasteiger partial charge >= 0.3 is 5.97 Å². The van der Waals surface area contributed by atoms with Crippen LogP contribution in [0.2, 0.25) is 0 Å². The highest BCUT2D eigenvalue weighted by Gasteiger charge is 2.06. The first-order chi connectivity index (χ1) is 9.08. The Morgan fingerprint density at radius 1 is 1.32 bits per heavy atom. The second-order valence-corrected chi connectivity index (χ2v) is 3.76. The number of hydrogen-bond acceptors (Lipinski definition) is 3. The molecule has 1 heterocycles. The van der Waals surface area contributed by atoms with Gasteiger partial charge in [0, 0.05) is 18.0 Å². The molecule has 96 valence electrons. The molecule has 0 saturated carbocycles. The molecule has 0 aliphatic rings. The van der Waals surface area contributed by atoms with Gasteiger partial charge in [-0.1, -0.05) is 6.07 Å². The van der Waals surface area contributed by atoms with Gasteiger partial charge in [-0.25, -0.2) is 4.79 Å². The summed E-state index contributed by atoms with van der Waals surface area (Å²) in [6, 6.07) is 9.78. The number of carboxylic acids is 1. The molecule has 19 heavy (non-hydrogen) atoms. The van der Waals surface area contributed by atoms with Gasteiger partial charge < -0.3 is 9.67 Å². The van der Waals surface area contributed by atoms with Gasteiger partial charge in [0.2, 0.25) is 6.20 Å². The van der Waals surface area contributed by atoms with E-state index in [1.54, 1.807) is 35.0 Å². The van der Waals surface area contributed by atoms with Gasteiger partial charge in [-0.15, -0.1) is 0 Å². The summed E-state index contributed by atoms with van der Waals surface area (Å²) in [6.07, 6.45) is 3.90. The summed E-state index contributed by atoms with van der Waals surface area (Å²) in [6.45, 7) is 0. The average molecular weight is 258 g/mol. The molecule has 2 aromatic rings. The minimum Gasteiger partial charge on any atom is -0.478 e. The SMILES string of the molecule is O=C(O)c1cccc(-n2cccc2/C=C\[N+](=O)[O-])c1. The van der Waals surface area contributed by atoms with Crippen molar-refractivity contribution in [2.45, 2.75) is 0 Å². The van der Waals surface area contributed by atoms with Gasteiger partial charge in [-0.05, 0) is 30.3 Å². The Labute approximate surface area is 108 Å². The maximum absolute atomic E-state index is 10.9. The first kappa shape index (κ1) is 12.6. The summed E-state index contributed by atoms with van der Waals surface area (Å²) < 4.78 is 1.67. The topological polar surface area (TPSA) is 85.4 Å². The molecular formula is C13H10N2O4. The van der Waals surface area contributed by atoms with Gasteiger partial charge in [0.25, 0.3) is 0 Å². The fraction of sp³-hybridized carbons (Fsp3) is 0. The van der Waals surface area contributed by atoms with Gasteiger partial charge in [0.15, 0.2) is 0 Å². The molecule has 6 heteroatoms. The summed E-state index contributed by atoms with van der Waals surface area (Å²) in [5.41, 5.74) is 1.39. The molecule has 0 aliphatic heterocycles. The molecule has 6 nitrogen and oxygen atoms in total. The van der Waals surface area contributed by atoms with E-state index in [0.29, 0.717) is 11.4 Å². The summed E-state index contributed by atoms with van der Waals surface area (Å²) in [4.78, 5) is 20.7. The molecule has 0 radical (unpaired) electrons. The first-order valence-electron chi connectivity index (χ1n) is 5.41. The van der Waals surface area contributed by atoms with Gasteiger partial charge in [-0.2, -0.15) is 0 Å². The Morgan fingerprint density at radius 2 is 2.11 bits per heavy atom. The van der Waals surface area contributed by atoms with Crippen LogP contribution in [0.4, 0.5) is 0 Å². The van der Waals surface area contributed by atoms with E-state index in [1.807, 2.05) is 0 Å². The van der Waals surface area contributed by atoms with E-state index in [4.69, 9.17) is 5.11 Å². The van der Waals surface area contributed by atoms with Crippen LogP contribution in [0, 0.1) is 10.1 Å². The lowest BCUT2D eigenvalue weighted by atomic mass is 10.2. The molecule has 2 rings (SSSR count). The zero-order chi connectivity index (χ0) is 13.8. The Kier molecular flexibility index (Phi) is 3.42. The van der Waals surface area contributed by atoms with Crippen LogP contribution in [0.15, 0.2) is 48.8 Å². The number of hydrogen-bond donors (Lipinski definition) is 1. The molecule has 0 unspecified atom stereocenters. The molecule has 0 saturated heterocycles. The number of carbonyl (C=O) groups is 1. The van der Waals surface area contributed by atoms with E-state index in [2.05, 4.69) is 0 Å². The maximum atomic E-state index is 10.9. The Balaban J connectivity index is 2.42. The highest BCUT2D eigenvalue weighted by molar-refractivity contribution is 5.88. The maximum Gasteiger partial charge on any atom is 0.335 e. The third-order valence-electron chi connectivity index (χ3n) is 2.52. The molecular weight excluding hydrogens is 248 g/mol. The Hall–Kier alpha value is -2.89. The molecule has 0 bridgehead atoms. The van der Waals surface area contributed by atoms with Crippen molar-refractivity contribution in [3.8, 4) is 5.69 Å². The first-order valence-corrected chi connectivity index (χ1v) is 5.41. The van der Waals surface area contributed by atoms with Crippen LogP contribution in [0.3, 0.4) is 0 Å². The largest absolute Gasteiger partial charge is 0.478 e. The third-order valence-corrected chi connectivity index (χ3v) is 2.52. The van der Waals surface area contributed by atoms with Crippen LogP contribution in [-0.4, -0.2) is 20.6 Å². The van der Waals surface area contributed by atoms with Crippen LogP contribution >= 0.6 is 0 Å². The summed E-state index contributed by atoms with van der Waals surface area (Å²) in [5.74, 6) is -1.02. The predicted octanol–water partition coefficient (Wildman–Crippen LogP) is 2.42. The van der Waals surface area contributed by atoms with Crippen molar-refractivity contribution in [3.63, 3.8) is 0 Å². The smallest absolute Gasteiger partial charge is 0.335 e. The summed E-state index contributed by atoms with van der Waals surface area (Å²) in [5, 5.41) is 19.3. The van der Waals surface area contributed by atoms with E-state index >= 15 is 0 Å². The van der Waals surface area contributed by atoms with Gasteiger partial charge in [-0.3, -0.25) is 10.1 Å². The molecule has 1 N–H and O–H groups in total. The lowest BCUT2D eigenvalue weighted by Gasteiger charge is -2.06. The van der Waals surface area contributed by atoms with Crippen LogP contribution in [0.5, 0.6) is 0 Å². The number of benzene rings is 1. The van der Waals surface area contributed by atoms with Crippen molar-refractivity contribution in [1.29, 1.82) is 0 Å². The number of rotatable bonds is 4. The fourth-order valence-electron chi connectivity index (χ4n) is 1.69. The molecule has 0 atom stereocenters. The Bertz CT molecular complexity index is 658. The number of aromatic nitrogens is 1. The van der Waals surface area contributed by atoms with Crippen molar-refractivity contribution in [3.05, 3.63) is 70.2 Å². The van der Waals surface area contributed by atoms with Gasteiger partial charge in [0.1, 0.15) is 0 Å². The second-order valence-electron chi connectivity index (χ2n) is 3.76. The van der Waals surface area contributed by atoms with Crippen molar-refractivity contribution >= 4 is 12.0 Å². The lowest BCUT2D eigenvalue weighted by molar-refractivity contribution is -0.401. The monoisotopic (exact) mass is 258 g/mol. The Morgan fingerprint density at radius 3 is 2.79 bits per heavy atom. The van der Waals surface area contributed by atoms with E-state index in [0.717, 1.165) is 6.20 Å². The van der Waals surface area contributed by atoms with E-state index in [1.165, 1.54) is 18.2 Å². The normalized spacial score (nSPS) is 10.7. The van der Waals surface area contributed by atoms with E-state index in [-0.39, 0.29) is 5.56 Å². The van der Waals surface area contributed by atoms with Gasteiger partial charge in [0.05, 0.1) is 16.2 Å². The highest BCUT2D eigenvalue weighted by Crippen LogP contribution is 2.15. The average Bonchev–Trinajstić information content (AvgIpc) is 2.84. The summed E-state index contributed by atoms with van der Waals surface area (Å²) >= 11 is 0.